The van der Waals surface area contributed by atoms with Crippen LogP contribution < -0.4 is 5.32 Å². The lowest BCUT2D eigenvalue weighted by Gasteiger charge is -2.35. The van der Waals surface area contributed by atoms with Crippen LogP contribution in [0.25, 0.3) is 10.2 Å². The van der Waals surface area contributed by atoms with Crippen molar-refractivity contribution in [3.8, 4) is 0 Å². The summed E-state index contributed by atoms with van der Waals surface area (Å²) in [6.07, 6.45) is 5.32. The molecule has 0 spiro atoms. The Hall–Kier alpha value is -0.930. The molecule has 1 aromatic heterocycles. The second-order valence-electron chi connectivity index (χ2n) is 6.41. The molecule has 1 atom stereocenters. The normalized spacial score (nSPS) is 22.7. The van der Waals surface area contributed by atoms with Gasteiger partial charge in [0.05, 0.1) is 10.2 Å². The molecule has 1 aliphatic rings. The summed E-state index contributed by atoms with van der Waals surface area (Å²) >= 11 is 1.81. The van der Waals surface area contributed by atoms with Crippen molar-refractivity contribution in [2.75, 3.05) is 0 Å². The molecule has 0 amide bonds. The molecule has 2 nitrogen and oxygen atoms in total. The third-order valence-electron chi connectivity index (χ3n) is 4.09. The van der Waals surface area contributed by atoms with Crippen LogP contribution in [0.3, 0.4) is 0 Å². The highest BCUT2D eigenvalue weighted by Crippen LogP contribution is 2.35. The van der Waals surface area contributed by atoms with Crippen LogP contribution in [-0.4, -0.2) is 11.0 Å². The molecule has 102 valence electrons. The van der Waals surface area contributed by atoms with Crippen LogP contribution in [0.2, 0.25) is 0 Å². The summed E-state index contributed by atoms with van der Waals surface area (Å²) in [5.41, 5.74) is 1.64. The minimum atomic E-state index is 0.503. The van der Waals surface area contributed by atoms with Crippen molar-refractivity contribution < 1.29 is 0 Å². The zero-order valence-corrected chi connectivity index (χ0v) is 12.6. The standard InChI is InChI=1S/C16H22N2S/c1-16(2)9-5-6-12(10-16)17-11-15-18-13-7-3-4-8-14(13)19-15/h3-4,7-8,12,17H,5-6,9-11H2,1-2H3. The van der Waals surface area contributed by atoms with Gasteiger partial charge < -0.3 is 5.32 Å². The van der Waals surface area contributed by atoms with E-state index in [1.165, 1.54) is 35.4 Å². The first-order valence-electron chi connectivity index (χ1n) is 7.20. The van der Waals surface area contributed by atoms with Crippen LogP contribution in [0.4, 0.5) is 0 Å². The molecule has 1 saturated carbocycles. The number of nitrogens with one attached hydrogen (secondary N) is 1. The van der Waals surface area contributed by atoms with Gasteiger partial charge in [0, 0.05) is 12.6 Å². The highest BCUT2D eigenvalue weighted by atomic mass is 32.1. The Morgan fingerprint density at radius 2 is 2.21 bits per heavy atom. The third-order valence-corrected chi connectivity index (χ3v) is 5.12. The van der Waals surface area contributed by atoms with Crippen molar-refractivity contribution in [3.05, 3.63) is 29.3 Å². The van der Waals surface area contributed by atoms with Gasteiger partial charge in [-0.2, -0.15) is 0 Å². The van der Waals surface area contributed by atoms with Crippen LogP contribution in [-0.2, 0) is 6.54 Å². The minimum Gasteiger partial charge on any atom is -0.308 e. The average Bonchev–Trinajstić information content (AvgIpc) is 2.78. The van der Waals surface area contributed by atoms with Gasteiger partial charge in [0.1, 0.15) is 5.01 Å². The third kappa shape index (κ3) is 3.15. The molecule has 1 N–H and O–H groups in total. The minimum absolute atomic E-state index is 0.503. The van der Waals surface area contributed by atoms with Crippen molar-refractivity contribution in [1.82, 2.24) is 10.3 Å². The summed E-state index contributed by atoms with van der Waals surface area (Å²) < 4.78 is 1.29. The lowest BCUT2D eigenvalue weighted by molar-refractivity contribution is 0.198. The lowest BCUT2D eigenvalue weighted by Crippen LogP contribution is -2.36. The maximum Gasteiger partial charge on any atom is 0.108 e. The van der Waals surface area contributed by atoms with Crippen LogP contribution in [0, 0.1) is 5.41 Å². The fraction of sp³-hybridized carbons (Fsp3) is 0.562. The molecule has 0 aliphatic heterocycles. The first-order chi connectivity index (χ1) is 9.12. The molecule has 1 fully saturated rings. The van der Waals surface area contributed by atoms with E-state index in [-0.39, 0.29) is 0 Å². The highest BCUT2D eigenvalue weighted by Gasteiger charge is 2.27. The molecule has 3 rings (SSSR count). The van der Waals surface area contributed by atoms with Crippen LogP contribution >= 0.6 is 11.3 Å². The fourth-order valence-corrected chi connectivity index (χ4v) is 4.02. The molecule has 19 heavy (non-hydrogen) atoms. The molecule has 0 bridgehead atoms. The van der Waals surface area contributed by atoms with Crippen molar-refractivity contribution in [2.45, 2.75) is 52.1 Å². The van der Waals surface area contributed by atoms with E-state index in [1.807, 2.05) is 11.3 Å². The number of thiazole rings is 1. The second-order valence-corrected chi connectivity index (χ2v) is 7.53. The Morgan fingerprint density at radius 1 is 1.37 bits per heavy atom. The summed E-state index contributed by atoms with van der Waals surface area (Å²) in [4.78, 5) is 4.69. The van der Waals surface area contributed by atoms with Gasteiger partial charge >= 0.3 is 0 Å². The Bertz CT molecular complexity index is 526. The monoisotopic (exact) mass is 274 g/mol. The van der Waals surface area contributed by atoms with Gasteiger partial charge in [0.2, 0.25) is 0 Å². The molecule has 2 aromatic rings. The molecule has 1 heterocycles. The van der Waals surface area contributed by atoms with E-state index < -0.39 is 0 Å². The summed E-state index contributed by atoms with van der Waals surface area (Å²) in [5, 5.41) is 4.91. The first-order valence-corrected chi connectivity index (χ1v) is 8.02. The molecule has 1 aliphatic carbocycles. The second kappa shape index (κ2) is 5.22. The molecule has 1 aromatic carbocycles. The van der Waals surface area contributed by atoms with Crippen molar-refractivity contribution in [3.63, 3.8) is 0 Å². The number of para-hydroxylation sites is 1. The molecule has 0 radical (unpaired) electrons. The highest BCUT2D eigenvalue weighted by molar-refractivity contribution is 7.18. The number of benzene rings is 1. The van der Waals surface area contributed by atoms with E-state index in [0.29, 0.717) is 11.5 Å². The van der Waals surface area contributed by atoms with Crippen LogP contribution in [0.1, 0.15) is 44.5 Å². The van der Waals surface area contributed by atoms with Gasteiger partial charge in [-0.15, -0.1) is 11.3 Å². The van der Waals surface area contributed by atoms with Crippen LogP contribution in [0.5, 0.6) is 0 Å². The predicted octanol–water partition coefficient (Wildman–Crippen LogP) is 4.35. The van der Waals surface area contributed by atoms with Gasteiger partial charge in [0.15, 0.2) is 0 Å². The van der Waals surface area contributed by atoms with E-state index in [0.717, 1.165) is 12.1 Å². The van der Waals surface area contributed by atoms with Crippen molar-refractivity contribution >= 4 is 21.6 Å². The van der Waals surface area contributed by atoms with E-state index >= 15 is 0 Å². The molecule has 1 unspecified atom stereocenters. The fourth-order valence-electron chi connectivity index (χ4n) is 3.10. The number of hydrogen-bond acceptors (Lipinski definition) is 3. The molecular formula is C16H22N2S. The Labute approximate surface area is 119 Å². The SMILES string of the molecule is CC1(C)CCCC(NCc2nc3ccccc3s2)C1. The maximum atomic E-state index is 4.69. The number of fused-ring (bicyclic) bond motifs is 1. The van der Waals surface area contributed by atoms with Gasteiger partial charge in [-0.25, -0.2) is 4.98 Å². The number of nitrogens with zero attached hydrogens (tertiary/aromatic N) is 1. The average molecular weight is 274 g/mol. The van der Waals surface area contributed by atoms with E-state index in [9.17, 15) is 0 Å². The van der Waals surface area contributed by atoms with Gasteiger partial charge in [-0.1, -0.05) is 32.4 Å². The van der Waals surface area contributed by atoms with Gasteiger partial charge in [0.25, 0.3) is 0 Å². The largest absolute Gasteiger partial charge is 0.308 e. The predicted molar refractivity (Wildman–Crippen MR) is 82.5 cm³/mol. The summed E-state index contributed by atoms with van der Waals surface area (Å²) in [6, 6.07) is 9.06. The van der Waals surface area contributed by atoms with E-state index in [2.05, 4.69) is 48.4 Å². The number of rotatable bonds is 3. The Kier molecular flexibility index (Phi) is 3.59. The topological polar surface area (TPSA) is 24.9 Å². The van der Waals surface area contributed by atoms with Crippen molar-refractivity contribution in [2.24, 2.45) is 5.41 Å². The molecule has 0 saturated heterocycles. The number of hydrogen-bond donors (Lipinski definition) is 1. The van der Waals surface area contributed by atoms with Gasteiger partial charge in [-0.3, -0.25) is 0 Å². The maximum absolute atomic E-state index is 4.69. The molecular weight excluding hydrogens is 252 g/mol. The summed E-state index contributed by atoms with van der Waals surface area (Å²) in [5.74, 6) is 0. The number of aromatic nitrogens is 1. The van der Waals surface area contributed by atoms with Crippen molar-refractivity contribution in [1.29, 1.82) is 0 Å². The lowest BCUT2D eigenvalue weighted by atomic mass is 9.75. The Balaban J connectivity index is 1.62. The van der Waals surface area contributed by atoms with E-state index in [4.69, 9.17) is 0 Å². The molecule has 3 heteroatoms. The zero-order chi connectivity index (χ0) is 13.3. The first kappa shape index (κ1) is 13.1. The zero-order valence-electron chi connectivity index (χ0n) is 11.8. The van der Waals surface area contributed by atoms with Gasteiger partial charge in [-0.05, 0) is 36.8 Å². The summed E-state index contributed by atoms with van der Waals surface area (Å²) in [6.45, 7) is 5.69. The van der Waals surface area contributed by atoms with Crippen LogP contribution in [0.15, 0.2) is 24.3 Å². The van der Waals surface area contributed by atoms with E-state index in [1.54, 1.807) is 0 Å². The quantitative estimate of drug-likeness (QED) is 0.899. The smallest absolute Gasteiger partial charge is 0.108 e. The Morgan fingerprint density at radius 3 is 3.00 bits per heavy atom. The summed E-state index contributed by atoms with van der Waals surface area (Å²) in [7, 11) is 0.